The van der Waals surface area contributed by atoms with Gasteiger partial charge in [0.15, 0.2) is 0 Å². The molecule has 2 aromatic rings. The highest BCUT2D eigenvalue weighted by Gasteiger charge is 2.35. The monoisotopic (exact) mass is 373 g/mol. The van der Waals surface area contributed by atoms with Crippen molar-refractivity contribution >= 4 is 17.0 Å². The summed E-state index contributed by atoms with van der Waals surface area (Å²) < 4.78 is 11.4. The predicted octanol–water partition coefficient (Wildman–Crippen LogP) is 4.23. The Morgan fingerprint density at radius 2 is 2.11 bits per heavy atom. The molecule has 0 aromatic carbocycles. The van der Waals surface area contributed by atoms with Gasteiger partial charge >= 0.3 is 0 Å². The lowest BCUT2D eigenvalue weighted by Crippen LogP contribution is -2.45. The van der Waals surface area contributed by atoms with Crippen LogP contribution in [0.4, 0.5) is 0 Å². The zero-order chi connectivity index (χ0) is 19.8. The fraction of sp³-hybridized carbons (Fsp3) is 0.667. The number of aryl methyl sites for hydroxylation is 1. The number of aromatic nitrogens is 2. The molecule has 3 rings (SSSR count). The van der Waals surface area contributed by atoms with Crippen LogP contribution in [0.1, 0.15) is 75.1 Å². The Bertz CT molecular complexity index is 820. The molecule has 0 spiro atoms. The number of amides is 1. The van der Waals surface area contributed by atoms with Gasteiger partial charge in [-0.05, 0) is 37.2 Å². The summed E-state index contributed by atoms with van der Waals surface area (Å²) in [6.45, 7) is 13.9. The quantitative estimate of drug-likeness (QED) is 0.868. The SMILES string of the molecule is Cc1noc2nc(C(C)C)cc(C(=O)NC[C@H]3CCCO[C@@H]3C(C)(C)C)c12. The number of hydrogen-bond donors (Lipinski definition) is 1. The Labute approximate surface area is 161 Å². The molecule has 1 amide bonds. The maximum atomic E-state index is 13.0. The van der Waals surface area contributed by atoms with Crippen molar-refractivity contribution in [2.75, 3.05) is 13.2 Å². The van der Waals surface area contributed by atoms with E-state index in [2.05, 4.69) is 36.2 Å². The van der Waals surface area contributed by atoms with E-state index in [1.807, 2.05) is 26.8 Å². The summed E-state index contributed by atoms with van der Waals surface area (Å²) in [6, 6.07) is 1.87. The fourth-order valence-corrected chi connectivity index (χ4v) is 3.92. The molecule has 0 radical (unpaired) electrons. The van der Waals surface area contributed by atoms with E-state index in [1.165, 1.54) is 0 Å². The minimum atomic E-state index is -0.103. The first kappa shape index (κ1) is 19.8. The van der Waals surface area contributed by atoms with Crippen LogP contribution >= 0.6 is 0 Å². The summed E-state index contributed by atoms with van der Waals surface area (Å²) >= 11 is 0. The van der Waals surface area contributed by atoms with Crippen LogP contribution in [-0.2, 0) is 4.74 Å². The summed E-state index contributed by atoms with van der Waals surface area (Å²) in [4.78, 5) is 17.5. The van der Waals surface area contributed by atoms with Gasteiger partial charge in [-0.3, -0.25) is 4.79 Å². The highest BCUT2D eigenvalue weighted by Crippen LogP contribution is 2.34. The van der Waals surface area contributed by atoms with Crippen LogP contribution in [0.25, 0.3) is 11.1 Å². The first-order valence-electron chi connectivity index (χ1n) is 9.85. The normalized spacial score (nSPS) is 21.0. The average Bonchev–Trinajstić information content (AvgIpc) is 2.99. The molecule has 3 heterocycles. The molecule has 1 fully saturated rings. The molecule has 2 aromatic heterocycles. The van der Waals surface area contributed by atoms with Crippen LogP contribution in [0.2, 0.25) is 0 Å². The summed E-state index contributed by atoms with van der Waals surface area (Å²) in [6.07, 6.45) is 2.25. The summed E-state index contributed by atoms with van der Waals surface area (Å²) in [7, 11) is 0. The van der Waals surface area contributed by atoms with Crippen LogP contribution in [0.5, 0.6) is 0 Å². The van der Waals surface area contributed by atoms with Gasteiger partial charge in [0.25, 0.3) is 11.6 Å². The van der Waals surface area contributed by atoms with E-state index in [1.54, 1.807) is 0 Å². The van der Waals surface area contributed by atoms with E-state index in [9.17, 15) is 4.79 Å². The minimum absolute atomic E-state index is 0.0512. The van der Waals surface area contributed by atoms with Gasteiger partial charge in [0, 0.05) is 24.8 Å². The van der Waals surface area contributed by atoms with E-state index in [-0.39, 0.29) is 23.3 Å². The maximum Gasteiger partial charge on any atom is 0.259 e. The van der Waals surface area contributed by atoms with Crippen molar-refractivity contribution in [2.45, 2.75) is 66.4 Å². The molecule has 2 atom stereocenters. The number of nitrogens with one attached hydrogen (secondary N) is 1. The van der Waals surface area contributed by atoms with Crippen molar-refractivity contribution < 1.29 is 14.1 Å². The second kappa shape index (κ2) is 7.58. The van der Waals surface area contributed by atoms with Gasteiger partial charge in [0.2, 0.25) is 0 Å². The van der Waals surface area contributed by atoms with Crippen LogP contribution in [-0.4, -0.2) is 35.3 Å². The Kier molecular flexibility index (Phi) is 5.56. The molecule has 6 heteroatoms. The molecule has 6 nitrogen and oxygen atoms in total. The molecule has 1 N–H and O–H groups in total. The molecule has 1 saturated heterocycles. The summed E-state index contributed by atoms with van der Waals surface area (Å²) in [5, 5.41) is 7.82. The zero-order valence-corrected chi connectivity index (χ0v) is 17.3. The van der Waals surface area contributed by atoms with Crippen molar-refractivity contribution in [2.24, 2.45) is 11.3 Å². The lowest BCUT2D eigenvalue weighted by molar-refractivity contribution is -0.0839. The van der Waals surface area contributed by atoms with E-state index < -0.39 is 0 Å². The molecule has 148 valence electrons. The standard InChI is InChI=1S/C21H31N3O3/c1-12(2)16-10-15(17-13(3)24-27-20(17)23-16)19(25)22-11-14-8-7-9-26-18(14)21(4,5)6/h10,12,14,18H,7-9,11H2,1-6H3,(H,22,25)/t14-,18+/m1/s1. The van der Waals surface area contributed by atoms with Crippen molar-refractivity contribution in [1.29, 1.82) is 0 Å². The van der Waals surface area contributed by atoms with Crippen LogP contribution in [0, 0.1) is 18.3 Å². The van der Waals surface area contributed by atoms with E-state index in [0.29, 0.717) is 34.8 Å². The topological polar surface area (TPSA) is 77.2 Å². The zero-order valence-electron chi connectivity index (χ0n) is 17.3. The highest BCUT2D eigenvalue weighted by atomic mass is 16.5. The molecule has 0 aliphatic carbocycles. The first-order chi connectivity index (χ1) is 12.7. The second-order valence-corrected chi connectivity index (χ2v) is 8.97. The first-order valence-corrected chi connectivity index (χ1v) is 9.85. The molecule has 1 aliphatic heterocycles. The highest BCUT2D eigenvalue weighted by molar-refractivity contribution is 6.06. The third kappa shape index (κ3) is 4.15. The van der Waals surface area contributed by atoms with E-state index in [0.717, 1.165) is 25.1 Å². The molecular formula is C21H31N3O3. The predicted molar refractivity (Wildman–Crippen MR) is 105 cm³/mol. The second-order valence-electron chi connectivity index (χ2n) is 8.97. The van der Waals surface area contributed by atoms with Crippen molar-refractivity contribution in [3.63, 3.8) is 0 Å². The maximum absolute atomic E-state index is 13.0. The van der Waals surface area contributed by atoms with Crippen LogP contribution in [0.3, 0.4) is 0 Å². The third-order valence-electron chi connectivity index (χ3n) is 5.30. The Morgan fingerprint density at radius 3 is 2.78 bits per heavy atom. The van der Waals surface area contributed by atoms with Crippen LogP contribution < -0.4 is 5.32 Å². The summed E-state index contributed by atoms with van der Waals surface area (Å²) in [5.74, 6) is 0.408. The van der Waals surface area contributed by atoms with Gasteiger partial charge in [0.1, 0.15) is 0 Å². The smallest absolute Gasteiger partial charge is 0.259 e. The molecule has 0 saturated carbocycles. The Morgan fingerprint density at radius 1 is 1.37 bits per heavy atom. The lowest BCUT2D eigenvalue weighted by Gasteiger charge is -2.40. The van der Waals surface area contributed by atoms with Crippen LogP contribution in [0.15, 0.2) is 10.6 Å². The number of carbonyl (C=O) groups excluding carboxylic acids is 1. The van der Waals surface area contributed by atoms with E-state index >= 15 is 0 Å². The van der Waals surface area contributed by atoms with Gasteiger partial charge < -0.3 is 14.6 Å². The van der Waals surface area contributed by atoms with Gasteiger partial charge in [-0.2, -0.15) is 0 Å². The molecule has 0 bridgehead atoms. The number of pyridine rings is 1. The molecule has 0 unspecified atom stereocenters. The minimum Gasteiger partial charge on any atom is -0.377 e. The largest absolute Gasteiger partial charge is 0.377 e. The number of ether oxygens (including phenoxy) is 1. The van der Waals surface area contributed by atoms with Gasteiger partial charge in [0.05, 0.1) is 22.7 Å². The van der Waals surface area contributed by atoms with Crippen molar-refractivity contribution in [3.05, 3.63) is 23.0 Å². The molecule has 27 heavy (non-hydrogen) atoms. The van der Waals surface area contributed by atoms with Gasteiger partial charge in [-0.25, -0.2) is 4.98 Å². The molecular weight excluding hydrogens is 342 g/mol. The number of fused-ring (bicyclic) bond motifs is 1. The fourth-order valence-electron chi connectivity index (χ4n) is 3.92. The van der Waals surface area contributed by atoms with Gasteiger partial charge in [-0.1, -0.05) is 39.8 Å². The van der Waals surface area contributed by atoms with Crippen molar-refractivity contribution in [3.8, 4) is 0 Å². The number of rotatable bonds is 4. The van der Waals surface area contributed by atoms with E-state index in [4.69, 9.17) is 9.26 Å². The Hall–Kier alpha value is -1.95. The number of nitrogens with zero attached hydrogens (tertiary/aromatic N) is 2. The average molecular weight is 373 g/mol. The Balaban J connectivity index is 1.82. The third-order valence-corrected chi connectivity index (χ3v) is 5.30. The van der Waals surface area contributed by atoms with Gasteiger partial charge in [-0.15, -0.1) is 0 Å². The lowest BCUT2D eigenvalue weighted by atomic mass is 9.78. The number of carbonyl (C=O) groups is 1. The summed E-state index contributed by atoms with van der Waals surface area (Å²) in [5.41, 5.74) is 2.59. The molecule has 1 aliphatic rings. The van der Waals surface area contributed by atoms with Crippen molar-refractivity contribution in [1.82, 2.24) is 15.5 Å². The number of hydrogen-bond acceptors (Lipinski definition) is 5.